The average Bonchev–Trinajstić information content (AvgIpc) is 2.39. The molecule has 0 spiro atoms. The summed E-state index contributed by atoms with van der Waals surface area (Å²) in [5.74, 6) is 1.02. The van der Waals surface area contributed by atoms with Gasteiger partial charge in [0.05, 0.1) is 12.7 Å². The zero-order valence-corrected chi connectivity index (χ0v) is 10.2. The van der Waals surface area contributed by atoms with Gasteiger partial charge in [-0.1, -0.05) is 12.1 Å². The van der Waals surface area contributed by atoms with Crippen LogP contribution in [0.5, 0.6) is 5.75 Å². The van der Waals surface area contributed by atoms with Crippen LogP contribution in [0, 0.1) is 11.3 Å². The number of rotatable bonds is 4. The second-order valence-electron chi connectivity index (χ2n) is 4.36. The fourth-order valence-corrected chi connectivity index (χ4v) is 2.28. The van der Waals surface area contributed by atoms with Crippen molar-refractivity contribution in [2.24, 2.45) is 0 Å². The van der Waals surface area contributed by atoms with Gasteiger partial charge in [0.15, 0.2) is 0 Å². The number of hydrogen-bond donors (Lipinski definition) is 1. The number of nitrogens with zero attached hydrogens (tertiary/aromatic N) is 1. The zero-order chi connectivity index (χ0) is 12.1. The van der Waals surface area contributed by atoms with E-state index in [9.17, 15) is 0 Å². The maximum atomic E-state index is 8.65. The van der Waals surface area contributed by atoms with E-state index in [1.807, 2.05) is 7.05 Å². The minimum atomic E-state index is 0.266. The Kier molecular flexibility index (Phi) is 4.00. The number of fused-ring (bicyclic) bond motifs is 1. The van der Waals surface area contributed by atoms with Crippen LogP contribution in [-0.4, -0.2) is 13.7 Å². The third-order valence-corrected chi connectivity index (χ3v) is 3.23. The molecule has 0 aromatic heterocycles. The van der Waals surface area contributed by atoms with Crippen molar-refractivity contribution in [2.45, 2.75) is 31.7 Å². The molecule has 1 atom stereocenters. The Morgan fingerprint density at radius 1 is 1.53 bits per heavy atom. The van der Waals surface area contributed by atoms with Gasteiger partial charge >= 0.3 is 0 Å². The van der Waals surface area contributed by atoms with Gasteiger partial charge in [-0.2, -0.15) is 5.26 Å². The van der Waals surface area contributed by atoms with Crippen LogP contribution in [0.15, 0.2) is 18.2 Å². The predicted molar refractivity (Wildman–Crippen MR) is 66.9 cm³/mol. The largest absolute Gasteiger partial charge is 0.493 e. The van der Waals surface area contributed by atoms with Crippen molar-refractivity contribution in [1.29, 1.82) is 5.26 Å². The van der Waals surface area contributed by atoms with Crippen LogP contribution in [0.25, 0.3) is 0 Å². The van der Waals surface area contributed by atoms with Gasteiger partial charge in [0.25, 0.3) is 0 Å². The maximum Gasteiger partial charge on any atom is 0.122 e. The van der Waals surface area contributed by atoms with Crippen LogP contribution >= 0.6 is 0 Å². The van der Waals surface area contributed by atoms with E-state index in [4.69, 9.17) is 10.00 Å². The van der Waals surface area contributed by atoms with E-state index in [2.05, 4.69) is 29.6 Å². The molecule has 0 fully saturated rings. The Balaban J connectivity index is 2.17. The minimum absolute atomic E-state index is 0.266. The van der Waals surface area contributed by atoms with Crippen molar-refractivity contribution in [3.05, 3.63) is 29.3 Å². The molecule has 90 valence electrons. The number of hydrogen-bond acceptors (Lipinski definition) is 3. The molecule has 2 rings (SSSR count). The maximum absolute atomic E-state index is 8.65. The second kappa shape index (κ2) is 5.70. The Labute approximate surface area is 102 Å². The predicted octanol–water partition coefficient (Wildman–Crippen LogP) is 2.58. The number of aryl methyl sites for hydroxylation is 1. The zero-order valence-electron chi connectivity index (χ0n) is 10.2. The highest BCUT2D eigenvalue weighted by molar-refractivity contribution is 5.39. The van der Waals surface area contributed by atoms with Gasteiger partial charge in [0.1, 0.15) is 5.75 Å². The molecule has 0 amide bonds. The van der Waals surface area contributed by atoms with Crippen LogP contribution < -0.4 is 10.1 Å². The summed E-state index contributed by atoms with van der Waals surface area (Å²) in [4.78, 5) is 0. The molecular weight excluding hydrogens is 212 g/mol. The summed E-state index contributed by atoms with van der Waals surface area (Å²) in [7, 11) is 1.94. The highest BCUT2D eigenvalue weighted by Gasteiger charge is 2.14. The summed E-state index contributed by atoms with van der Waals surface area (Å²) in [6, 6.07) is 8.84. The van der Waals surface area contributed by atoms with Crippen LogP contribution in [0.4, 0.5) is 0 Å². The first kappa shape index (κ1) is 11.9. The van der Waals surface area contributed by atoms with E-state index in [0.717, 1.165) is 31.6 Å². The first-order valence-electron chi connectivity index (χ1n) is 6.15. The van der Waals surface area contributed by atoms with Crippen molar-refractivity contribution >= 4 is 0 Å². The molecule has 1 unspecified atom stereocenters. The second-order valence-corrected chi connectivity index (χ2v) is 4.36. The fraction of sp³-hybridized carbons (Fsp3) is 0.500. The standard InChI is InChI=1S/C14H18N2O/c1-16-13(5-2-8-15)11-6-7-14-12(10-11)4-3-9-17-14/h6-7,10,13,16H,2-5,9H2,1H3. The summed E-state index contributed by atoms with van der Waals surface area (Å²) >= 11 is 0. The molecule has 3 nitrogen and oxygen atoms in total. The molecule has 0 saturated carbocycles. The van der Waals surface area contributed by atoms with E-state index < -0.39 is 0 Å². The van der Waals surface area contributed by atoms with Crippen molar-refractivity contribution in [3.63, 3.8) is 0 Å². The summed E-state index contributed by atoms with van der Waals surface area (Å²) in [5.41, 5.74) is 2.55. The SMILES string of the molecule is CNC(CCC#N)c1ccc2c(c1)CCCO2. The number of benzene rings is 1. The number of ether oxygens (including phenoxy) is 1. The highest BCUT2D eigenvalue weighted by Crippen LogP contribution is 2.28. The molecule has 1 heterocycles. The molecule has 17 heavy (non-hydrogen) atoms. The summed E-state index contributed by atoms with van der Waals surface area (Å²) < 4.78 is 5.60. The number of nitriles is 1. The lowest BCUT2D eigenvalue weighted by Gasteiger charge is -2.21. The van der Waals surface area contributed by atoms with E-state index in [1.165, 1.54) is 11.1 Å². The minimum Gasteiger partial charge on any atom is -0.493 e. The number of nitrogens with one attached hydrogen (secondary N) is 1. The normalized spacial score (nSPS) is 15.5. The fourth-order valence-electron chi connectivity index (χ4n) is 2.28. The molecule has 1 N–H and O–H groups in total. The quantitative estimate of drug-likeness (QED) is 0.864. The molecule has 0 saturated heterocycles. The van der Waals surface area contributed by atoms with Crippen LogP contribution in [0.2, 0.25) is 0 Å². The van der Waals surface area contributed by atoms with Crippen LogP contribution in [0.3, 0.4) is 0 Å². The van der Waals surface area contributed by atoms with E-state index in [1.54, 1.807) is 0 Å². The average molecular weight is 230 g/mol. The topological polar surface area (TPSA) is 45.0 Å². The molecule has 1 aliphatic heterocycles. The van der Waals surface area contributed by atoms with Crippen molar-refractivity contribution in [1.82, 2.24) is 5.32 Å². The van der Waals surface area contributed by atoms with E-state index in [0.29, 0.717) is 6.42 Å². The smallest absolute Gasteiger partial charge is 0.122 e. The lowest BCUT2D eigenvalue weighted by molar-refractivity contribution is 0.288. The Hall–Kier alpha value is -1.53. The highest BCUT2D eigenvalue weighted by atomic mass is 16.5. The monoisotopic (exact) mass is 230 g/mol. The first-order valence-corrected chi connectivity index (χ1v) is 6.15. The van der Waals surface area contributed by atoms with Crippen molar-refractivity contribution < 1.29 is 4.74 Å². The molecule has 0 bridgehead atoms. The van der Waals surface area contributed by atoms with Gasteiger partial charge in [0, 0.05) is 12.5 Å². The van der Waals surface area contributed by atoms with Crippen LogP contribution in [-0.2, 0) is 6.42 Å². The lowest BCUT2D eigenvalue weighted by Crippen LogP contribution is -2.17. The summed E-state index contributed by atoms with van der Waals surface area (Å²) in [6.45, 7) is 0.830. The van der Waals surface area contributed by atoms with Crippen molar-refractivity contribution in [2.75, 3.05) is 13.7 Å². The Morgan fingerprint density at radius 3 is 3.18 bits per heavy atom. The molecule has 3 heteroatoms. The molecular formula is C14H18N2O. The van der Waals surface area contributed by atoms with Crippen LogP contribution in [0.1, 0.15) is 36.4 Å². The van der Waals surface area contributed by atoms with Gasteiger partial charge in [-0.25, -0.2) is 0 Å². The third-order valence-electron chi connectivity index (χ3n) is 3.23. The summed E-state index contributed by atoms with van der Waals surface area (Å²) in [6.07, 6.45) is 3.63. The van der Waals surface area contributed by atoms with Gasteiger partial charge in [-0.05, 0) is 43.5 Å². The van der Waals surface area contributed by atoms with Gasteiger partial charge in [0.2, 0.25) is 0 Å². The molecule has 1 aromatic carbocycles. The van der Waals surface area contributed by atoms with Crippen molar-refractivity contribution in [3.8, 4) is 11.8 Å². The molecule has 0 aliphatic carbocycles. The summed E-state index contributed by atoms with van der Waals surface area (Å²) in [5, 5.41) is 11.9. The Morgan fingerprint density at radius 2 is 2.41 bits per heavy atom. The molecule has 0 radical (unpaired) electrons. The lowest BCUT2D eigenvalue weighted by atomic mass is 9.97. The van der Waals surface area contributed by atoms with Gasteiger partial charge < -0.3 is 10.1 Å². The van der Waals surface area contributed by atoms with Gasteiger partial charge in [-0.3, -0.25) is 0 Å². The third kappa shape index (κ3) is 2.78. The van der Waals surface area contributed by atoms with E-state index in [-0.39, 0.29) is 6.04 Å². The van der Waals surface area contributed by atoms with Gasteiger partial charge in [-0.15, -0.1) is 0 Å². The van der Waals surface area contributed by atoms with E-state index >= 15 is 0 Å². The Bertz CT molecular complexity index is 423. The first-order chi connectivity index (χ1) is 8.35. The molecule has 1 aliphatic rings. The molecule has 1 aromatic rings.